The largest absolute Gasteiger partial charge is 0.370 e. The molecule has 1 aliphatic heterocycles. The normalized spacial score (nSPS) is 19.2. The number of morpholine rings is 1. The summed E-state index contributed by atoms with van der Waals surface area (Å²) in [6, 6.07) is 2.61. The number of hydrogen-bond acceptors (Lipinski definition) is 3. The second-order valence-electron chi connectivity index (χ2n) is 5.50. The van der Waals surface area contributed by atoms with E-state index in [4.69, 9.17) is 33.7 Å². The SMILES string of the molecule is CC(N)CCC(=O)N1CCOC(c2cc(F)c(Cl)cc2Cl)C1.Cl. The lowest BCUT2D eigenvalue weighted by atomic mass is 10.1. The monoisotopic (exact) mass is 384 g/mol. The van der Waals surface area contributed by atoms with Gasteiger partial charge in [-0.25, -0.2) is 4.39 Å². The van der Waals surface area contributed by atoms with Crippen LogP contribution >= 0.6 is 35.6 Å². The molecule has 1 amide bonds. The van der Waals surface area contributed by atoms with Crippen molar-refractivity contribution in [1.29, 1.82) is 0 Å². The molecular weight excluding hydrogens is 366 g/mol. The second-order valence-corrected chi connectivity index (χ2v) is 6.32. The Hall–Kier alpha value is -0.590. The molecule has 8 heteroatoms. The highest BCUT2D eigenvalue weighted by atomic mass is 35.5. The molecule has 0 spiro atoms. The van der Waals surface area contributed by atoms with Crippen LogP contribution in [0.3, 0.4) is 0 Å². The molecule has 1 aromatic carbocycles. The number of rotatable bonds is 4. The molecule has 2 atom stereocenters. The predicted octanol–water partition coefficient (Wildman–Crippen LogP) is 3.58. The first-order chi connectivity index (χ1) is 10.4. The van der Waals surface area contributed by atoms with E-state index in [9.17, 15) is 9.18 Å². The van der Waals surface area contributed by atoms with Gasteiger partial charge in [0.15, 0.2) is 0 Å². The van der Waals surface area contributed by atoms with Gasteiger partial charge in [0.2, 0.25) is 5.91 Å². The first-order valence-corrected chi connectivity index (χ1v) is 7.93. The zero-order chi connectivity index (χ0) is 16.3. The Morgan fingerprint density at radius 1 is 1.48 bits per heavy atom. The molecule has 130 valence electrons. The molecule has 1 saturated heterocycles. The third-order valence-corrected chi connectivity index (χ3v) is 4.24. The van der Waals surface area contributed by atoms with Crippen molar-refractivity contribution in [3.63, 3.8) is 0 Å². The van der Waals surface area contributed by atoms with Crippen molar-refractivity contribution in [2.24, 2.45) is 5.73 Å². The summed E-state index contributed by atoms with van der Waals surface area (Å²) >= 11 is 11.8. The Bertz CT molecular complexity index is 558. The maximum atomic E-state index is 13.6. The van der Waals surface area contributed by atoms with E-state index in [1.165, 1.54) is 12.1 Å². The predicted molar refractivity (Wildman–Crippen MR) is 91.8 cm³/mol. The highest BCUT2D eigenvalue weighted by Gasteiger charge is 2.27. The standard InChI is InChI=1S/C15H19Cl2FN2O2.ClH/c1-9(19)2-3-15(21)20-4-5-22-14(8-20)10-6-13(18)12(17)7-11(10)16;/h6-7,9,14H,2-5,8,19H2,1H3;1H. The van der Waals surface area contributed by atoms with Gasteiger partial charge in [0.05, 0.1) is 18.2 Å². The molecule has 1 fully saturated rings. The molecule has 0 radical (unpaired) electrons. The van der Waals surface area contributed by atoms with Gasteiger partial charge in [0, 0.05) is 29.6 Å². The average Bonchev–Trinajstić information content (AvgIpc) is 2.48. The molecule has 23 heavy (non-hydrogen) atoms. The maximum absolute atomic E-state index is 13.6. The van der Waals surface area contributed by atoms with Crippen molar-refractivity contribution in [2.75, 3.05) is 19.7 Å². The lowest BCUT2D eigenvalue weighted by Crippen LogP contribution is -2.42. The van der Waals surface area contributed by atoms with E-state index >= 15 is 0 Å². The zero-order valence-electron chi connectivity index (χ0n) is 12.7. The Labute approximate surface area is 151 Å². The molecule has 4 nitrogen and oxygen atoms in total. The first kappa shape index (κ1) is 20.5. The van der Waals surface area contributed by atoms with Crippen LogP contribution in [0.5, 0.6) is 0 Å². The summed E-state index contributed by atoms with van der Waals surface area (Å²) < 4.78 is 19.3. The quantitative estimate of drug-likeness (QED) is 0.806. The van der Waals surface area contributed by atoms with Crippen LogP contribution in [-0.4, -0.2) is 36.5 Å². The fraction of sp³-hybridized carbons (Fsp3) is 0.533. The molecule has 1 aliphatic rings. The summed E-state index contributed by atoms with van der Waals surface area (Å²) in [7, 11) is 0. The fourth-order valence-electron chi connectivity index (χ4n) is 2.36. The van der Waals surface area contributed by atoms with Crippen LogP contribution in [0.25, 0.3) is 0 Å². The minimum Gasteiger partial charge on any atom is -0.370 e. The van der Waals surface area contributed by atoms with Crippen LogP contribution < -0.4 is 5.73 Å². The van der Waals surface area contributed by atoms with Crippen molar-refractivity contribution in [1.82, 2.24) is 4.90 Å². The van der Waals surface area contributed by atoms with Gasteiger partial charge in [-0.1, -0.05) is 23.2 Å². The zero-order valence-corrected chi connectivity index (χ0v) is 15.1. The number of halogens is 4. The van der Waals surface area contributed by atoms with Gasteiger partial charge in [-0.2, -0.15) is 0 Å². The summed E-state index contributed by atoms with van der Waals surface area (Å²) in [4.78, 5) is 13.9. The third kappa shape index (κ3) is 5.47. The first-order valence-electron chi connectivity index (χ1n) is 7.18. The average molecular weight is 386 g/mol. The molecule has 2 rings (SSSR count). The molecule has 0 bridgehead atoms. The summed E-state index contributed by atoms with van der Waals surface area (Å²) in [5.74, 6) is -0.527. The highest BCUT2D eigenvalue weighted by molar-refractivity contribution is 6.35. The van der Waals surface area contributed by atoms with Gasteiger partial charge in [-0.05, 0) is 25.5 Å². The van der Waals surface area contributed by atoms with E-state index in [0.29, 0.717) is 43.1 Å². The van der Waals surface area contributed by atoms with E-state index in [1.54, 1.807) is 4.90 Å². The molecule has 0 aliphatic carbocycles. The van der Waals surface area contributed by atoms with Crippen LogP contribution in [0.1, 0.15) is 31.4 Å². The van der Waals surface area contributed by atoms with Crippen LogP contribution in [0.2, 0.25) is 10.0 Å². The number of nitrogens with two attached hydrogens (primary N) is 1. The molecule has 1 aromatic rings. The number of carbonyl (C=O) groups is 1. The number of nitrogens with zero attached hydrogens (tertiary/aromatic N) is 1. The summed E-state index contributed by atoms with van der Waals surface area (Å²) in [6.45, 7) is 3.11. The van der Waals surface area contributed by atoms with Crippen molar-refractivity contribution in [3.8, 4) is 0 Å². The summed E-state index contributed by atoms with van der Waals surface area (Å²) in [6.07, 6.45) is 0.580. The Kier molecular flexibility index (Phi) is 8.04. The van der Waals surface area contributed by atoms with E-state index in [2.05, 4.69) is 0 Å². The van der Waals surface area contributed by atoms with Gasteiger partial charge in [0.1, 0.15) is 11.9 Å². The van der Waals surface area contributed by atoms with Crippen LogP contribution in [-0.2, 0) is 9.53 Å². The fourth-order valence-corrected chi connectivity index (χ4v) is 2.86. The van der Waals surface area contributed by atoms with Gasteiger partial charge < -0.3 is 15.4 Å². The molecule has 1 heterocycles. The lowest BCUT2D eigenvalue weighted by molar-refractivity contribution is -0.139. The maximum Gasteiger partial charge on any atom is 0.222 e. The Balaban J connectivity index is 0.00000264. The molecular formula is C15H20Cl3FN2O2. The second kappa shape index (κ2) is 9.04. The van der Waals surface area contributed by atoms with E-state index in [1.807, 2.05) is 6.92 Å². The summed E-state index contributed by atoms with van der Waals surface area (Å²) in [5.41, 5.74) is 6.18. The Morgan fingerprint density at radius 2 is 2.17 bits per heavy atom. The number of ether oxygens (including phenoxy) is 1. The van der Waals surface area contributed by atoms with Crippen LogP contribution in [0.4, 0.5) is 4.39 Å². The Morgan fingerprint density at radius 3 is 2.83 bits per heavy atom. The lowest BCUT2D eigenvalue weighted by Gasteiger charge is -2.33. The summed E-state index contributed by atoms with van der Waals surface area (Å²) in [5, 5.41) is 0.302. The highest BCUT2D eigenvalue weighted by Crippen LogP contribution is 2.32. The minimum absolute atomic E-state index is 0. The van der Waals surface area contributed by atoms with Gasteiger partial charge in [-0.15, -0.1) is 12.4 Å². The van der Waals surface area contributed by atoms with Crippen molar-refractivity contribution >= 4 is 41.5 Å². The third-order valence-electron chi connectivity index (χ3n) is 3.62. The molecule has 0 aromatic heterocycles. The minimum atomic E-state index is -0.551. The topological polar surface area (TPSA) is 55.6 Å². The molecule has 2 N–H and O–H groups in total. The van der Waals surface area contributed by atoms with E-state index < -0.39 is 11.9 Å². The van der Waals surface area contributed by atoms with Crippen LogP contribution in [0.15, 0.2) is 12.1 Å². The van der Waals surface area contributed by atoms with Crippen molar-refractivity contribution in [2.45, 2.75) is 31.9 Å². The number of carbonyl (C=O) groups excluding carboxylic acids is 1. The van der Waals surface area contributed by atoms with Crippen LogP contribution in [0, 0.1) is 5.82 Å². The number of hydrogen-bond donors (Lipinski definition) is 1. The van der Waals surface area contributed by atoms with Gasteiger partial charge in [-0.3, -0.25) is 4.79 Å². The molecule has 0 saturated carbocycles. The molecule has 2 unspecified atom stereocenters. The van der Waals surface area contributed by atoms with Crippen molar-refractivity contribution < 1.29 is 13.9 Å². The smallest absolute Gasteiger partial charge is 0.222 e. The van der Waals surface area contributed by atoms with E-state index in [-0.39, 0.29) is 29.4 Å². The number of amides is 1. The van der Waals surface area contributed by atoms with Gasteiger partial charge in [0.25, 0.3) is 0 Å². The van der Waals surface area contributed by atoms with E-state index in [0.717, 1.165) is 0 Å². The number of benzene rings is 1. The van der Waals surface area contributed by atoms with Gasteiger partial charge >= 0.3 is 0 Å². The van der Waals surface area contributed by atoms with Crippen molar-refractivity contribution in [3.05, 3.63) is 33.6 Å².